The number of hydrogen-bond donors (Lipinski definition) is 2. The molecule has 0 unspecified atom stereocenters. The molecule has 1 saturated carbocycles. The SMILES string of the molecule is CC1(C)COCCN1C(=O)C1(C(N)=NO)CCCCC1. The average molecular weight is 283 g/mol. The minimum atomic E-state index is -0.832. The number of carbonyl (C=O) groups excluding carboxylic acids is 1. The third-order valence-electron chi connectivity index (χ3n) is 4.60. The fraction of sp³-hybridized carbons (Fsp3) is 0.857. The number of rotatable bonds is 2. The zero-order valence-corrected chi connectivity index (χ0v) is 12.4. The number of nitrogens with two attached hydrogens (primary N) is 1. The van der Waals surface area contributed by atoms with Crippen molar-refractivity contribution in [2.45, 2.75) is 51.5 Å². The quantitative estimate of drug-likeness (QED) is 0.346. The van der Waals surface area contributed by atoms with Gasteiger partial charge in [-0.05, 0) is 26.7 Å². The van der Waals surface area contributed by atoms with Gasteiger partial charge >= 0.3 is 0 Å². The maximum atomic E-state index is 13.1. The van der Waals surface area contributed by atoms with E-state index in [1.807, 2.05) is 18.7 Å². The lowest BCUT2D eigenvalue weighted by molar-refractivity contribution is -0.155. The predicted octanol–water partition coefficient (Wildman–Crippen LogP) is 1.32. The van der Waals surface area contributed by atoms with Crippen LogP contribution in [0.3, 0.4) is 0 Å². The van der Waals surface area contributed by atoms with Crippen LogP contribution in [0.4, 0.5) is 0 Å². The molecule has 0 aromatic carbocycles. The molecule has 0 atom stereocenters. The van der Waals surface area contributed by atoms with Crippen molar-refractivity contribution < 1.29 is 14.7 Å². The summed E-state index contributed by atoms with van der Waals surface area (Å²) in [6, 6.07) is 0. The molecule has 0 aromatic heterocycles. The Labute approximate surface area is 119 Å². The smallest absolute Gasteiger partial charge is 0.237 e. The highest BCUT2D eigenvalue weighted by atomic mass is 16.5. The van der Waals surface area contributed by atoms with Gasteiger partial charge in [-0.25, -0.2) is 0 Å². The minimum absolute atomic E-state index is 0.0131. The van der Waals surface area contributed by atoms with Crippen LogP contribution in [0.15, 0.2) is 5.16 Å². The summed E-state index contributed by atoms with van der Waals surface area (Å²) >= 11 is 0. The Hall–Kier alpha value is -1.30. The van der Waals surface area contributed by atoms with E-state index < -0.39 is 5.41 Å². The summed E-state index contributed by atoms with van der Waals surface area (Å²) in [6.45, 7) is 5.61. The van der Waals surface area contributed by atoms with Gasteiger partial charge in [0.15, 0.2) is 5.84 Å². The predicted molar refractivity (Wildman–Crippen MR) is 75.5 cm³/mol. The second-order valence-corrected chi connectivity index (χ2v) is 6.45. The number of amides is 1. The van der Waals surface area contributed by atoms with E-state index in [0.717, 1.165) is 19.3 Å². The Morgan fingerprint density at radius 1 is 1.30 bits per heavy atom. The molecule has 2 aliphatic rings. The van der Waals surface area contributed by atoms with Gasteiger partial charge in [-0.1, -0.05) is 24.4 Å². The van der Waals surface area contributed by atoms with Crippen molar-refractivity contribution in [3.63, 3.8) is 0 Å². The summed E-state index contributed by atoms with van der Waals surface area (Å²) in [4.78, 5) is 14.9. The molecule has 1 aliphatic heterocycles. The van der Waals surface area contributed by atoms with Gasteiger partial charge in [0.05, 0.1) is 18.8 Å². The second-order valence-electron chi connectivity index (χ2n) is 6.45. The summed E-state index contributed by atoms with van der Waals surface area (Å²) in [5, 5.41) is 12.3. The number of nitrogens with zero attached hydrogens (tertiary/aromatic N) is 2. The lowest BCUT2D eigenvalue weighted by Crippen LogP contribution is -2.62. The van der Waals surface area contributed by atoms with Gasteiger partial charge in [0.1, 0.15) is 5.41 Å². The van der Waals surface area contributed by atoms with Crippen molar-refractivity contribution in [3.8, 4) is 0 Å². The molecular formula is C14H25N3O3. The normalized spacial score (nSPS) is 26.3. The number of morpholine rings is 1. The molecule has 0 radical (unpaired) electrons. The Morgan fingerprint density at radius 3 is 2.50 bits per heavy atom. The molecule has 20 heavy (non-hydrogen) atoms. The summed E-state index contributed by atoms with van der Waals surface area (Å²) in [5.74, 6) is 0.0466. The molecule has 3 N–H and O–H groups in total. The third-order valence-corrected chi connectivity index (χ3v) is 4.60. The fourth-order valence-corrected chi connectivity index (χ4v) is 3.32. The van der Waals surface area contributed by atoms with Crippen molar-refractivity contribution in [1.29, 1.82) is 0 Å². The lowest BCUT2D eigenvalue weighted by Gasteiger charge is -2.47. The van der Waals surface area contributed by atoms with Crippen molar-refractivity contribution in [2.24, 2.45) is 16.3 Å². The zero-order valence-electron chi connectivity index (χ0n) is 12.4. The molecule has 0 bridgehead atoms. The molecule has 1 saturated heterocycles. The average Bonchev–Trinajstić information content (AvgIpc) is 2.46. The van der Waals surface area contributed by atoms with Gasteiger partial charge < -0.3 is 20.6 Å². The van der Waals surface area contributed by atoms with Crippen molar-refractivity contribution in [1.82, 2.24) is 4.90 Å². The van der Waals surface area contributed by atoms with Crippen LogP contribution >= 0.6 is 0 Å². The van der Waals surface area contributed by atoms with E-state index >= 15 is 0 Å². The number of amidine groups is 1. The largest absolute Gasteiger partial charge is 0.409 e. The van der Waals surface area contributed by atoms with Crippen LogP contribution in [-0.2, 0) is 9.53 Å². The Bertz CT molecular complexity index is 400. The lowest BCUT2D eigenvalue weighted by atomic mass is 9.71. The Morgan fingerprint density at radius 2 is 1.95 bits per heavy atom. The van der Waals surface area contributed by atoms with Gasteiger partial charge in [0, 0.05) is 6.54 Å². The van der Waals surface area contributed by atoms with Crippen molar-refractivity contribution in [3.05, 3.63) is 0 Å². The maximum absolute atomic E-state index is 13.1. The Kier molecular flexibility index (Phi) is 4.22. The molecule has 6 nitrogen and oxygen atoms in total. The first-order chi connectivity index (χ1) is 9.44. The van der Waals surface area contributed by atoms with Crippen LogP contribution in [0.1, 0.15) is 46.0 Å². The van der Waals surface area contributed by atoms with Crippen molar-refractivity contribution >= 4 is 11.7 Å². The molecule has 1 heterocycles. The molecule has 0 spiro atoms. The van der Waals surface area contributed by atoms with E-state index in [0.29, 0.717) is 32.6 Å². The van der Waals surface area contributed by atoms with Gasteiger partial charge in [0.25, 0.3) is 0 Å². The van der Waals surface area contributed by atoms with E-state index in [4.69, 9.17) is 15.7 Å². The van der Waals surface area contributed by atoms with Crippen LogP contribution in [0, 0.1) is 5.41 Å². The second kappa shape index (κ2) is 5.60. The summed E-state index contributed by atoms with van der Waals surface area (Å²) in [6.07, 6.45) is 4.30. The maximum Gasteiger partial charge on any atom is 0.237 e. The van der Waals surface area contributed by atoms with E-state index in [-0.39, 0.29) is 17.3 Å². The summed E-state index contributed by atoms with van der Waals surface area (Å²) in [5.41, 5.74) is 4.72. The minimum Gasteiger partial charge on any atom is -0.409 e. The van der Waals surface area contributed by atoms with Gasteiger partial charge in [-0.2, -0.15) is 0 Å². The highest BCUT2D eigenvalue weighted by molar-refractivity contribution is 6.07. The molecule has 114 valence electrons. The molecule has 1 aliphatic carbocycles. The number of hydrogen-bond acceptors (Lipinski definition) is 4. The first kappa shape index (κ1) is 15.1. The first-order valence-corrected chi connectivity index (χ1v) is 7.32. The highest BCUT2D eigenvalue weighted by Crippen LogP contribution is 2.40. The fourth-order valence-electron chi connectivity index (χ4n) is 3.32. The van der Waals surface area contributed by atoms with E-state index in [1.165, 1.54) is 0 Å². The number of ether oxygens (including phenoxy) is 1. The van der Waals surface area contributed by atoms with E-state index in [9.17, 15) is 4.79 Å². The van der Waals surface area contributed by atoms with E-state index in [2.05, 4.69) is 5.16 Å². The molecule has 2 fully saturated rings. The monoisotopic (exact) mass is 283 g/mol. The molecule has 1 amide bonds. The molecule has 2 rings (SSSR count). The third kappa shape index (κ3) is 2.49. The molecule has 6 heteroatoms. The van der Waals surface area contributed by atoms with Crippen LogP contribution < -0.4 is 5.73 Å². The molecular weight excluding hydrogens is 258 g/mol. The highest BCUT2D eigenvalue weighted by Gasteiger charge is 2.49. The number of carbonyl (C=O) groups is 1. The number of oxime groups is 1. The van der Waals surface area contributed by atoms with E-state index in [1.54, 1.807) is 0 Å². The molecule has 0 aromatic rings. The van der Waals surface area contributed by atoms with Crippen molar-refractivity contribution in [2.75, 3.05) is 19.8 Å². The topological polar surface area (TPSA) is 88.2 Å². The van der Waals surface area contributed by atoms with Gasteiger partial charge in [-0.15, -0.1) is 0 Å². The van der Waals surface area contributed by atoms with Gasteiger partial charge in [0.2, 0.25) is 5.91 Å². The van der Waals surface area contributed by atoms with Crippen LogP contribution in [-0.4, -0.2) is 47.1 Å². The van der Waals surface area contributed by atoms with Crippen LogP contribution in [0.25, 0.3) is 0 Å². The first-order valence-electron chi connectivity index (χ1n) is 7.32. The van der Waals surface area contributed by atoms with Gasteiger partial charge in [-0.3, -0.25) is 4.79 Å². The van der Waals surface area contributed by atoms with Crippen LogP contribution in [0.2, 0.25) is 0 Å². The summed E-state index contributed by atoms with van der Waals surface area (Å²) in [7, 11) is 0. The standard InChI is InChI=1S/C14H25N3O3/c1-13(2)10-20-9-8-17(13)12(18)14(11(15)16-19)6-4-3-5-7-14/h19H,3-10H2,1-2H3,(H2,15,16). The zero-order chi connectivity index (χ0) is 14.8. The summed E-state index contributed by atoms with van der Waals surface area (Å²) < 4.78 is 5.47. The Balaban J connectivity index is 2.31. The van der Waals surface area contributed by atoms with Crippen LogP contribution in [0.5, 0.6) is 0 Å².